The summed E-state index contributed by atoms with van der Waals surface area (Å²) in [7, 11) is 0. The highest BCUT2D eigenvalue weighted by Gasteiger charge is 2.28. The maximum atomic E-state index is 10.8. The SMILES string of the molecule is CCN1CCC[C@@H]([C@@H](O)c2cc(C)c(-c3ccc(C)cc3O)nn2)C1. The number of piperidine rings is 1. The number of aliphatic hydroxyl groups excluding tert-OH is 1. The summed E-state index contributed by atoms with van der Waals surface area (Å²) in [4.78, 5) is 2.37. The third-order valence-corrected chi connectivity index (χ3v) is 5.15. The molecule has 5 nitrogen and oxygen atoms in total. The predicted octanol–water partition coefficient (Wildman–Crippen LogP) is 3.23. The Bertz CT molecular complexity index is 748. The summed E-state index contributed by atoms with van der Waals surface area (Å²) in [6.45, 7) is 9.06. The molecule has 3 rings (SSSR count). The van der Waals surface area contributed by atoms with E-state index in [4.69, 9.17) is 0 Å². The average molecular weight is 341 g/mol. The van der Waals surface area contributed by atoms with E-state index in [1.54, 1.807) is 6.07 Å². The van der Waals surface area contributed by atoms with Gasteiger partial charge in [0, 0.05) is 18.0 Å². The monoisotopic (exact) mass is 341 g/mol. The first-order chi connectivity index (χ1) is 12.0. The van der Waals surface area contributed by atoms with E-state index in [0.717, 1.165) is 43.6 Å². The first kappa shape index (κ1) is 17.8. The van der Waals surface area contributed by atoms with Crippen molar-refractivity contribution in [1.29, 1.82) is 0 Å². The summed E-state index contributed by atoms with van der Waals surface area (Å²) in [6.07, 6.45) is 1.53. The van der Waals surface area contributed by atoms with Crippen LogP contribution in [0.5, 0.6) is 5.75 Å². The van der Waals surface area contributed by atoms with Crippen molar-refractivity contribution in [1.82, 2.24) is 15.1 Å². The molecule has 0 saturated carbocycles. The molecular weight excluding hydrogens is 314 g/mol. The van der Waals surface area contributed by atoms with Crippen molar-refractivity contribution in [3.8, 4) is 17.0 Å². The van der Waals surface area contributed by atoms with Crippen LogP contribution < -0.4 is 0 Å². The summed E-state index contributed by atoms with van der Waals surface area (Å²) in [5.74, 6) is 0.401. The average Bonchev–Trinajstić information content (AvgIpc) is 2.61. The van der Waals surface area contributed by atoms with Crippen molar-refractivity contribution in [3.63, 3.8) is 0 Å². The van der Waals surface area contributed by atoms with Gasteiger partial charge in [-0.25, -0.2) is 0 Å². The Morgan fingerprint density at radius 1 is 1.24 bits per heavy atom. The molecule has 1 fully saturated rings. The van der Waals surface area contributed by atoms with Gasteiger partial charge in [0.25, 0.3) is 0 Å². The molecule has 1 aliphatic rings. The lowest BCUT2D eigenvalue weighted by Crippen LogP contribution is -2.37. The molecule has 1 aromatic carbocycles. The molecule has 1 aliphatic heterocycles. The summed E-state index contributed by atoms with van der Waals surface area (Å²) in [6, 6.07) is 7.43. The molecule has 1 aromatic heterocycles. The molecule has 1 saturated heterocycles. The first-order valence-corrected chi connectivity index (χ1v) is 9.04. The van der Waals surface area contributed by atoms with Crippen molar-refractivity contribution in [2.75, 3.05) is 19.6 Å². The molecule has 0 radical (unpaired) electrons. The van der Waals surface area contributed by atoms with Gasteiger partial charge >= 0.3 is 0 Å². The fraction of sp³-hybridized carbons (Fsp3) is 0.500. The second-order valence-corrected chi connectivity index (χ2v) is 7.06. The molecule has 2 atom stereocenters. The number of benzene rings is 1. The number of nitrogens with zero attached hydrogens (tertiary/aromatic N) is 3. The van der Waals surface area contributed by atoms with Gasteiger partial charge in [-0.15, -0.1) is 5.10 Å². The Kier molecular flexibility index (Phi) is 5.35. The molecule has 0 amide bonds. The van der Waals surface area contributed by atoms with Crippen LogP contribution in [-0.2, 0) is 0 Å². The zero-order chi connectivity index (χ0) is 18.0. The van der Waals surface area contributed by atoms with Gasteiger partial charge < -0.3 is 15.1 Å². The molecule has 0 spiro atoms. The van der Waals surface area contributed by atoms with Gasteiger partial charge in [0.2, 0.25) is 0 Å². The van der Waals surface area contributed by atoms with Crippen LogP contribution in [0.25, 0.3) is 11.3 Å². The van der Waals surface area contributed by atoms with E-state index in [9.17, 15) is 10.2 Å². The molecule has 0 bridgehead atoms. The number of phenolic OH excluding ortho intramolecular Hbond substituents is 1. The lowest BCUT2D eigenvalue weighted by Gasteiger charge is -2.34. The minimum absolute atomic E-state index is 0.195. The largest absolute Gasteiger partial charge is 0.507 e. The normalized spacial score (nSPS) is 19.8. The van der Waals surface area contributed by atoms with Crippen LogP contribution in [0, 0.1) is 19.8 Å². The zero-order valence-corrected chi connectivity index (χ0v) is 15.2. The highest BCUT2D eigenvalue weighted by molar-refractivity contribution is 5.69. The number of aromatic hydroxyl groups is 1. The van der Waals surface area contributed by atoms with E-state index in [0.29, 0.717) is 17.0 Å². The molecule has 2 heterocycles. The Labute approximate surface area is 149 Å². The van der Waals surface area contributed by atoms with Gasteiger partial charge in [-0.05, 0) is 69.1 Å². The number of likely N-dealkylation sites (tertiary alicyclic amines) is 1. The topological polar surface area (TPSA) is 69.5 Å². The van der Waals surface area contributed by atoms with Crippen LogP contribution in [0.3, 0.4) is 0 Å². The minimum Gasteiger partial charge on any atom is -0.507 e. The van der Waals surface area contributed by atoms with Crippen molar-refractivity contribution in [2.45, 2.75) is 39.7 Å². The number of aryl methyl sites for hydroxylation is 2. The second kappa shape index (κ2) is 7.50. The van der Waals surface area contributed by atoms with Crippen molar-refractivity contribution in [3.05, 3.63) is 41.1 Å². The Hall–Kier alpha value is -1.98. The third-order valence-electron chi connectivity index (χ3n) is 5.15. The van der Waals surface area contributed by atoms with Gasteiger partial charge in [-0.2, -0.15) is 5.10 Å². The van der Waals surface area contributed by atoms with Gasteiger partial charge in [0.1, 0.15) is 11.9 Å². The first-order valence-electron chi connectivity index (χ1n) is 9.04. The number of hydrogen-bond acceptors (Lipinski definition) is 5. The van der Waals surface area contributed by atoms with E-state index < -0.39 is 6.10 Å². The van der Waals surface area contributed by atoms with Gasteiger partial charge in [0.15, 0.2) is 0 Å². The fourth-order valence-electron chi connectivity index (χ4n) is 3.64. The van der Waals surface area contributed by atoms with Crippen molar-refractivity contribution in [2.24, 2.45) is 5.92 Å². The molecule has 2 N–H and O–H groups in total. The lowest BCUT2D eigenvalue weighted by molar-refractivity contribution is 0.0489. The maximum Gasteiger partial charge on any atom is 0.125 e. The van der Waals surface area contributed by atoms with Crippen molar-refractivity contribution < 1.29 is 10.2 Å². The molecule has 5 heteroatoms. The second-order valence-electron chi connectivity index (χ2n) is 7.06. The van der Waals surface area contributed by atoms with Crippen LogP contribution in [-0.4, -0.2) is 44.9 Å². The van der Waals surface area contributed by atoms with E-state index in [-0.39, 0.29) is 11.7 Å². The number of phenols is 1. The molecule has 25 heavy (non-hydrogen) atoms. The molecule has 2 aromatic rings. The number of rotatable bonds is 4. The van der Waals surface area contributed by atoms with Crippen LogP contribution in [0.15, 0.2) is 24.3 Å². The van der Waals surface area contributed by atoms with E-state index in [2.05, 4.69) is 22.0 Å². The quantitative estimate of drug-likeness (QED) is 0.893. The van der Waals surface area contributed by atoms with E-state index >= 15 is 0 Å². The third kappa shape index (κ3) is 3.83. The number of aliphatic hydroxyl groups is 1. The number of hydrogen-bond donors (Lipinski definition) is 2. The van der Waals surface area contributed by atoms with Crippen LogP contribution in [0.2, 0.25) is 0 Å². The Morgan fingerprint density at radius 3 is 2.72 bits per heavy atom. The lowest BCUT2D eigenvalue weighted by atomic mass is 9.90. The summed E-state index contributed by atoms with van der Waals surface area (Å²) < 4.78 is 0. The molecule has 0 unspecified atom stereocenters. The highest BCUT2D eigenvalue weighted by atomic mass is 16.3. The smallest absolute Gasteiger partial charge is 0.125 e. The molecular formula is C20H27N3O2. The molecule has 134 valence electrons. The standard InChI is InChI=1S/C20H27N3O2/c1-4-23-9-5-6-15(12-23)20(25)17-11-14(3)19(22-21-17)16-8-7-13(2)10-18(16)24/h7-8,10-11,15,20,24-25H,4-6,9,12H2,1-3H3/t15-,20-/m1/s1. The number of aromatic nitrogens is 2. The van der Waals surface area contributed by atoms with Crippen molar-refractivity contribution >= 4 is 0 Å². The van der Waals surface area contributed by atoms with Gasteiger partial charge in [-0.1, -0.05) is 13.0 Å². The predicted molar refractivity (Wildman–Crippen MR) is 98.4 cm³/mol. The van der Waals surface area contributed by atoms with Crippen LogP contribution in [0.1, 0.15) is 42.7 Å². The zero-order valence-electron chi connectivity index (χ0n) is 15.2. The summed E-state index contributed by atoms with van der Waals surface area (Å²) in [5, 5.41) is 29.5. The molecule has 0 aliphatic carbocycles. The Morgan fingerprint density at radius 2 is 2.04 bits per heavy atom. The van der Waals surface area contributed by atoms with Crippen LogP contribution in [0.4, 0.5) is 0 Å². The fourth-order valence-corrected chi connectivity index (χ4v) is 3.64. The maximum absolute atomic E-state index is 10.8. The Balaban J connectivity index is 1.84. The van der Waals surface area contributed by atoms with Gasteiger partial charge in [-0.3, -0.25) is 0 Å². The minimum atomic E-state index is -0.596. The van der Waals surface area contributed by atoms with Crippen LogP contribution >= 0.6 is 0 Å². The van der Waals surface area contributed by atoms with Gasteiger partial charge in [0.05, 0.1) is 11.4 Å². The van der Waals surface area contributed by atoms with E-state index in [1.165, 1.54) is 0 Å². The summed E-state index contributed by atoms with van der Waals surface area (Å²) in [5.41, 5.74) is 3.86. The van der Waals surface area contributed by atoms with E-state index in [1.807, 2.05) is 32.0 Å². The summed E-state index contributed by atoms with van der Waals surface area (Å²) >= 11 is 0. The highest BCUT2D eigenvalue weighted by Crippen LogP contribution is 2.33.